The average molecular weight is 438 g/mol. The fourth-order valence-electron chi connectivity index (χ4n) is 4.39. The van der Waals surface area contributed by atoms with Gasteiger partial charge in [-0.2, -0.15) is 0 Å². The van der Waals surface area contributed by atoms with E-state index in [0.29, 0.717) is 27.9 Å². The fourth-order valence-corrected chi connectivity index (χ4v) is 4.95. The van der Waals surface area contributed by atoms with E-state index in [1.165, 1.54) is 6.07 Å². The monoisotopic (exact) mass is 438 g/mol. The molecule has 1 aliphatic rings. The Morgan fingerprint density at radius 1 is 0.968 bits per heavy atom. The second-order valence-corrected chi connectivity index (χ2v) is 9.79. The van der Waals surface area contributed by atoms with Gasteiger partial charge in [0.15, 0.2) is 5.82 Å². The Hall–Kier alpha value is -3.19. The molecule has 0 bridgehead atoms. The van der Waals surface area contributed by atoms with E-state index in [-0.39, 0.29) is 11.6 Å². The molecule has 5 rings (SSSR count). The van der Waals surface area contributed by atoms with E-state index in [4.69, 9.17) is 0 Å². The van der Waals surface area contributed by atoms with Crippen LogP contribution in [-0.2, 0) is 22.9 Å². The number of aromatic amines is 1. The number of hydrogen-bond donors (Lipinski definition) is 2. The topological polar surface area (TPSA) is 62.0 Å². The Morgan fingerprint density at radius 3 is 2.48 bits per heavy atom. The van der Waals surface area contributed by atoms with E-state index in [1.54, 1.807) is 31.2 Å². The molecule has 31 heavy (non-hydrogen) atoms. The van der Waals surface area contributed by atoms with Crippen molar-refractivity contribution >= 4 is 26.6 Å². The maximum Gasteiger partial charge on any atom is 0.229 e. The summed E-state index contributed by atoms with van der Waals surface area (Å²) in [5.41, 5.74) is 6.30. The molecule has 158 valence electrons. The number of fused-ring (bicyclic) bond motifs is 5. The Balaban J connectivity index is 1.63. The molecular formula is C24H20F2N2O2S. The molecule has 1 heterocycles. The summed E-state index contributed by atoms with van der Waals surface area (Å²) in [6.07, 6.45) is 2.57. The molecule has 4 nitrogen and oxygen atoms in total. The van der Waals surface area contributed by atoms with Crippen LogP contribution in [0.25, 0.3) is 33.3 Å². The first-order chi connectivity index (χ1) is 14.7. The van der Waals surface area contributed by atoms with Crippen molar-refractivity contribution in [1.82, 2.24) is 4.98 Å². The molecule has 0 aliphatic heterocycles. The number of halogens is 2. The molecule has 0 saturated heterocycles. The smallest absolute Gasteiger partial charge is 0.229 e. The fraction of sp³-hybridized carbons (Fsp3) is 0.167. The normalized spacial score (nSPS) is 13.2. The molecule has 2 N–H and O–H groups in total. The first-order valence-corrected chi connectivity index (χ1v) is 11.8. The van der Waals surface area contributed by atoms with E-state index in [2.05, 4.69) is 9.71 Å². The molecule has 0 saturated carbocycles. The van der Waals surface area contributed by atoms with Crippen LogP contribution < -0.4 is 4.72 Å². The maximum absolute atomic E-state index is 15.5. The number of nitrogens with one attached hydrogen (secondary N) is 2. The van der Waals surface area contributed by atoms with Gasteiger partial charge in [-0.1, -0.05) is 24.3 Å². The number of sulfonamides is 1. The van der Waals surface area contributed by atoms with Crippen molar-refractivity contribution in [1.29, 1.82) is 0 Å². The molecule has 1 aliphatic carbocycles. The lowest BCUT2D eigenvalue weighted by molar-refractivity contribution is 0.606. The van der Waals surface area contributed by atoms with Crippen LogP contribution in [0.1, 0.15) is 16.7 Å². The second-order valence-electron chi connectivity index (χ2n) is 8.04. The Kier molecular flexibility index (Phi) is 4.41. The molecule has 0 amide bonds. The third-order valence-corrected chi connectivity index (χ3v) is 6.42. The molecule has 0 atom stereocenters. The summed E-state index contributed by atoms with van der Waals surface area (Å²) < 4.78 is 54.7. The molecule has 4 aromatic rings. The molecule has 0 spiro atoms. The first kappa shape index (κ1) is 19.8. The summed E-state index contributed by atoms with van der Waals surface area (Å²) in [6, 6.07) is 13.6. The lowest BCUT2D eigenvalue weighted by atomic mass is 9.88. The van der Waals surface area contributed by atoms with E-state index < -0.39 is 10.0 Å². The highest BCUT2D eigenvalue weighted by molar-refractivity contribution is 7.92. The van der Waals surface area contributed by atoms with Gasteiger partial charge in [-0.05, 0) is 66.3 Å². The molecular weight excluding hydrogens is 418 g/mol. The van der Waals surface area contributed by atoms with Gasteiger partial charge in [0.25, 0.3) is 0 Å². The van der Waals surface area contributed by atoms with Crippen molar-refractivity contribution in [3.63, 3.8) is 0 Å². The van der Waals surface area contributed by atoms with Gasteiger partial charge in [-0.3, -0.25) is 4.72 Å². The van der Waals surface area contributed by atoms with E-state index in [9.17, 15) is 12.8 Å². The van der Waals surface area contributed by atoms with Crippen LogP contribution in [0.5, 0.6) is 0 Å². The van der Waals surface area contributed by atoms with Crippen LogP contribution in [0.3, 0.4) is 0 Å². The molecule has 7 heteroatoms. The average Bonchev–Trinajstić information content (AvgIpc) is 3.09. The third-order valence-electron chi connectivity index (χ3n) is 5.81. The van der Waals surface area contributed by atoms with Crippen molar-refractivity contribution < 1.29 is 17.2 Å². The summed E-state index contributed by atoms with van der Waals surface area (Å²) in [4.78, 5) is 3.26. The van der Waals surface area contributed by atoms with Gasteiger partial charge in [0.1, 0.15) is 5.82 Å². The minimum Gasteiger partial charge on any atom is -0.352 e. The van der Waals surface area contributed by atoms with Gasteiger partial charge in [0, 0.05) is 22.2 Å². The summed E-state index contributed by atoms with van der Waals surface area (Å²) in [7, 11) is -3.36. The summed E-state index contributed by atoms with van der Waals surface area (Å²) in [5, 5.41) is 0.832. The molecule has 0 radical (unpaired) electrons. The Morgan fingerprint density at radius 2 is 1.74 bits per heavy atom. The highest BCUT2D eigenvalue weighted by Crippen LogP contribution is 2.41. The Bertz CT molecular complexity index is 1470. The molecule has 0 fully saturated rings. The molecule has 0 unspecified atom stereocenters. The summed E-state index contributed by atoms with van der Waals surface area (Å²) in [6.45, 7) is 1.66. The van der Waals surface area contributed by atoms with Crippen molar-refractivity contribution in [3.05, 3.63) is 76.9 Å². The van der Waals surface area contributed by atoms with Gasteiger partial charge in [-0.25, -0.2) is 17.2 Å². The van der Waals surface area contributed by atoms with E-state index >= 15 is 4.39 Å². The van der Waals surface area contributed by atoms with E-state index in [0.717, 1.165) is 46.9 Å². The summed E-state index contributed by atoms with van der Waals surface area (Å²) >= 11 is 0. The summed E-state index contributed by atoms with van der Waals surface area (Å²) in [5.74, 6) is -0.684. The van der Waals surface area contributed by atoms with Crippen molar-refractivity contribution in [2.24, 2.45) is 0 Å². The van der Waals surface area contributed by atoms with Crippen LogP contribution >= 0.6 is 0 Å². The van der Waals surface area contributed by atoms with Gasteiger partial charge < -0.3 is 4.98 Å². The lowest BCUT2D eigenvalue weighted by Crippen LogP contribution is -2.10. The Labute approximate surface area is 179 Å². The highest BCUT2D eigenvalue weighted by Gasteiger charge is 2.23. The number of H-pyrrole nitrogens is 1. The predicted octanol–water partition coefficient (Wildman–Crippen LogP) is 5.56. The predicted molar refractivity (Wildman–Crippen MR) is 120 cm³/mol. The minimum absolute atomic E-state index is 0.318. The van der Waals surface area contributed by atoms with Gasteiger partial charge in [-0.15, -0.1) is 0 Å². The zero-order valence-electron chi connectivity index (χ0n) is 17.0. The standard InChI is InChI=1S/C24H20F2N2O2S/c1-13-11-14(4-10-21(13)25)17-8-9-20-19-6-3-15-12-16(28-31(2,29)30)5-7-18(15)23(19)27-24(20)22(17)26/h4-5,7-12,27-28H,3,6H2,1-2H3. The lowest BCUT2D eigenvalue weighted by Gasteiger charge is -2.18. The second kappa shape index (κ2) is 6.92. The van der Waals surface area contributed by atoms with Crippen molar-refractivity contribution in [2.45, 2.75) is 19.8 Å². The quantitative estimate of drug-likeness (QED) is 0.440. The van der Waals surface area contributed by atoms with Crippen LogP contribution in [0.2, 0.25) is 0 Å². The largest absolute Gasteiger partial charge is 0.352 e. The number of hydrogen-bond acceptors (Lipinski definition) is 2. The van der Waals surface area contributed by atoms with E-state index in [1.807, 2.05) is 18.2 Å². The third kappa shape index (κ3) is 3.39. The number of aryl methyl sites for hydroxylation is 3. The van der Waals surface area contributed by atoms with Crippen LogP contribution in [0.4, 0.5) is 14.5 Å². The zero-order valence-corrected chi connectivity index (χ0v) is 17.8. The van der Waals surface area contributed by atoms with Crippen LogP contribution in [0, 0.1) is 18.6 Å². The van der Waals surface area contributed by atoms with Gasteiger partial charge in [0.2, 0.25) is 10.0 Å². The first-order valence-electron chi connectivity index (χ1n) is 9.92. The molecule has 1 aromatic heterocycles. The van der Waals surface area contributed by atoms with Crippen LogP contribution in [0.15, 0.2) is 48.5 Å². The number of benzene rings is 3. The maximum atomic E-state index is 15.5. The number of aromatic nitrogens is 1. The van der Waals surface area contributed by atoms with Crippen molar-refractivity contribution in [3.8, 4) is 22.4 Å². The van der Waals surface area contributed by atoms with Crippen LogP contribution in [-0.4, -0.2) is 19.7 Å². The van der Waals surface area contributed by atoms with Gasteiger partial charge in [0.05, 0.1) is 17.5 Å². The molecule has 3 aromatic carbocycles. The number of anilines is 1. The minimum atomic E-state index is -3.36. The number of rotatable bonds is 3. The SMILES string of the molecule is Cc1cc(-c2ccc3c4c([nH]c3c2F)-c2ccc(NS(C)(=O)=O)cc2CC4)ccc1F. The highest BCUT2D eigenvalue weighted by atomic mass is 32.2. The zero-order chi connectivity index (χ0) is 21.9. The van der Waals surface area contributed by atoms with Crippen molar-refractivity contribution in [2.75, 3.05) is 11.0 Å². The van der Waals surface area contributed by atoms with Gasteiger partial charge >= 0.3 is 0 Å².